The number of isocyanates is 2. The first-order valence-corrected chi connectivity index (χ1v) is 5.55. The van der Waals surface area contributed by atoms with Gasteiger partial charge in [-0.1, -0.05) is 0 Å². The van der Waals surface area contributed by atoms with Crippen LogP contribution in [0, 0.1) is 11.5 Å². The van der Waals surface area contributed by atoms with Gasteiger partial charge >= 0.3 is 5.97 Å². The number of carbonyl (C=O) groups is 1. The maximum Gasteiger partial charge on any atom is 0.348 e. The lowest BCUT2D eigenvalue weighted by Crippen LogP contribution is -2.26. The van der Waals surface area contributed by atoms with Crippen LogP contribution in [0.25, 0.3) is 0 Å². The molecule has 0 bridgehead atoms. The molecule has 0 aromatic rings. The van der Waals surface area contributed by atoms with E-state index in [4.69, 9.17) is 10.00 Å². The molecular formula is C11H13N3O5. The van der Waals surface area contributed by atoms with Crippen molar-refractivity contribution in [3.8, 4) is 6.26 Å². The molecule has 1 unspecified atom stereocenters. The number of nitrogens with zero attached hydrogens (tertiary/aromatic N) is 3. The number of unbranched alkanes of at least 4 members (excludes halogenated alkanes) is 1. The minimum absolute atomic E-state index is 0.0164. The Morgan fingerprint density at radius 1 is 1.16 bits per heavy atom. The minimum Gasteiger partial charge on any atom is -0.461 e. The summed E-state index contributed by atoms with van der Waals surface area (Å²) in [4.78, 5) is 37.6. The van der Waals surface area contributed by atoms with Crippen LogP contribution in [0.15, 0.2) is 9.98 Å². The van der Waals surface area contributed by atoms with Crippen molar-refractivity contribution >= 4 is 18.1 Å². The fourth-order valence-electron chi connectivity index (χ4n) is 1.19. The predicted molar refractivity (Wildman–Crippen MR) is 61.3 cm³/mol. The molecule has 0 saturated carbocycles. The molecule has 0 amide bonds. The zero-order valence-corrected chi connectivity index (χ0v) is 10.2. The molecule has 0 aromatic carbocycles. The van der Waals surface area contributed by atoms with Crippen molar-refractivity contribution in [1.82, 2.24) is 0 Å². The van der Waals surface area contributed by atoms with Crippen molar-refractivity contribution < 1.29 is 23.9 Å². The number of hydrogen-bond acceptors (Lipinski definition) is 8. The van der Waals surface area contributed by atoms with E-state index >= 15 is 0 Å². The van der Waals surface area contributed by atoms with Gasteiger partial charge in [0.1, 0.15) is 6.61 Å². The van der Waals surface area contributed by atoms with Crippen molar-refractivity contribution in [3.63, 3.8) is 0 Å². The summed E-state index contributed by atoms with van der Waals surface area (Å²) >= 11 is 0. The number of ether oxygens (including phenoxy) is 2. The van der Waals surface area contributed by atoms with Crippen molar-refractivity contribution in [1.29, 1.82) is 5.26 Å². The average molecular weight is 267 g/mol. The quantitative estimate of drug-likeness (QED) is 0.184. The zero-order valence-electron chi connectivity index (χ0n) is 10.2. The van der Waals surface area contributed by atoms with Gasteiger partial charge in [-0.2, -0.15) is 5.26 Å². The van der Waals surface area contributed by atoms with Gasteiger partial charge in [-0.05, 0) is 19.3 Å². The first-order valence-electron chi connectivity index (χ1n) is 5.55. The minimum atomic E-state index is -0.995. The Bertz CT molecular complexity index is 405. The Hall–Kier alpha value is -2.48. The fraction of sp³-hybridized carbons (Fsp3) is 0.636. The number of aliphatic imine (C=N–C) groups is 2. The SMILES string of the molecule is N#COC(CCCCN=C=O)C(=O)OCCN=C=O. The van der Waals surface area contributed by atoms with E-state index in [1.54, 1.807) is 0 Å². The molecule has 0 radical (unpaired) electrons. The molecule has 8 heteroatoms. The predicted octanol–water partition coefficient (Wildman–Crippen LogP) is 0.238. The Balaban J connectivity index is 4.00. The highest BCUT2D eigenvalue weighted by Crippen LogP contribution is 2.07. The molecule has 8 nitrogen and oxygen atoms in total. The maximum atomic E-state index is 11.5. The first-order chi connectivity index (χ1) is 9.26. The summed E-state index contributed by atoms with van der Waals surface area (Å²) in [7, 11) is 0. The summed E-state index contributed by atoms with van der Waals surface area (Å²) in [6.07, 6.45) is 4.53. The molecule has 0 spiro atoms. The van der Waals surface area contributed by atoms with Crippen LogP contribution < -0.4 is 0 Å². The lowest BCUT2D eigenvalue weighted by atomic mass is 10.1. The summed E-state index contributed by atoms with van der Waals surface area (Å²) in [5.41, 5.74) is 0. The van der Waals surface area contributed by atoms with E-state index in [2.05, 4.69) is 14.7 Å². The van der Waals surface area contributed by atoms with E-state index in [1.807, 2.05) is 0 Å². The Morgan fingerprint density at radius 3 is 2.47 bits per heavy atom. The molecule has 0 aliphatic heterocycles. The van der Waals surface area contributed by atoms with Gasteiger partial charge in [0, 0.05) is 0 Å². The third kappa shape index (κ3) is 9.24. The number of carbonyl (C=O) groups excluding carboxylic acids is 3. The summed E-state index contributed by atoms with van der Waals surface area (Å²) < 4.78 is 9.35. The second-order valence-corrected chi connectivity index (χ2v) is 3.31. The zero-order chi connectivity index (χ0) is 14.3. The molecule has 0 aliphatic carbocycles. The van der Waals surface area contributed by atoms with Gasteiger partial charge < -0.3 is 9.47 Å². The van der Waals surface area contributed by atoms with Crippen LogP contribution in [0.2, 0.25) is 0 Å². The van der Waals surface area contributed by atoms with Gasteiger partial charge in [0.2, 0.25) is 18.3 Å². The lowest BCUT2D eigenvalue weighted by Gasteiger charge is -2.12. The monoisotopic (exact) mass is 267 g/mol. The maximum absolute atomic E-state index is 11.5. The van der Waals surface area contributed by atoms with E-state index in [9.17, 15) is 14.4 Å². The highest BCUT2D eigenvalue weighted by Gasteiger charge is 2.21. The van der Waals surface area contributed by atoms with Crippen molar-refractivity contribution in [2.45, 2.75) is 25.4 Å². The molecule has 1 atom stereocenters. The largest absolute Gasteiger partial charge is 0.461 e. The Morgan fingerprint density at radius 2 is 1.84 bits per heavy atom. The molecule has 0 saturated heterocycles. The number of nitriles is 1. The van der Waals surface area contributed by atoms with E-state index < -0.39 is 12.1 Å². The summed E-state index contributed by atoms with van der Waals surface area (Å²) in [6.45, 7) is 0.253. The molecule has 0 N–H and O–H groups in total. The molecule has 0 rings (SSSR count). The third-order valence-corrected chi connectivity index (χ3v) is 2.02. The molecule has 0 aromatic heterocycles. The number of rotatable bonds is 10. The van der Waals surface area contributed by atoms with E-state index in [0.29, 0.717) is 19.4 Å². The first kappa shape index (κ1) is 16.5. The fourth-order valence-corrected chi connectivity index (χ4v) is 1.19. The standard InChI is InChI=1S/C11H13N3O5/c12-7-19-10(3-1-2-4-13-8-15)11(17)18-6-5-14-9-16/h10H,1-6H2. The van der Waals surface area contributed by atoms with Crippen molar-refractivity contribution in [3.05, 3.63) is 0 Å². The second kappa shape index (κ2) is 12.0. The van der Waals surface area contributed by atoms with Gasteiger partial charge in [0.05, 0.1) is 13.1 Å². The van der Waals surface area contributed by atoms with Crippen LogP contribution in [-0.2, 0) is 23.9 Å². The second-order valence-electron chi connectivity index (χ2n) is 3.31. The Kier molecular flexibility index (Phi) is 10.4. The van der Waals surface area contributed by atoms with E-state index in [-0.39, 0.29) is 19.6 Å². The average Bonchev–Trinajstić information content (AvgIpc) is 2.42. The number of esters is 1. The highest BCUT2D eigenvalue weighted by atomic mass is 16.6. The summed E-state index contributed by atoms with van der Waals surface area (Å²) in [6, 6.07) is 0. The Labute approximate surface area is 109 Å². The summed E-state index contributed by atoms with van der Waals surface area (Å²) in [5.74, 6) is -0.693. The van der Waals surface area contributed by atoms with Crippen LogP contribution in [0.4, 0.5) is 0 Å². The normalized spacial score (nSPS) is 10.3. The molecule has 0 fully saturated rings. The number of hydrogen-bond donors (Lipinski definition) is 0. The summed E-state index contributed by atoms with van der Waals surface area (Å²) in [5, 5.41) is 8.42. The smallest absolute Gasteiger partial charge is 0.348 e. The van der Waals surface area contributed by atoms with Crippen LogP contribution in [0.1, 0.15) is 19.3 Å². The van der Waals surface area contributed by atoms with Gasteiger partial charge in [0.25, 0.3) is 6.26 Å². The molecule has 0 aliphatic rings. The molecule has 102 valence electrons. The van der Waals surface area contributed by atoms with Gasteiger partial charge in [0.15, 0.2) is 0 Å². The third-order valence-electron chi connectivity index (χ3n) is 2.02. The molecule has 19 heavy (non-hydrogen) atoms. The lowest BCUT2D eigenvalue weighted by molar-refractivity contribution is -0.153. The molecule has 0 heterocycles. The highest BCUT2D eigenvalue weighted by molar-refractivity contribution is 5.74. The van der Waals surface area contributed by atoms with Crippen molar-refractivity contribution in [2.75, 3.05) is 19.7 Å². The van der Waals surface area contributed by atoms with Gasteiger partial charge in [-0.25, -0.2) is 24.4 Å². The van der Waals surface area contributed by atoms with Gasteiger partial charge in [-0.3, -0.25) is 0 Å². The van der Waals surface area contributed by atoms with Gasteiger partial charge in [-0.15, -0.1) is 0 Å². The van der Waals surface area contributed by atoms with Crippen LogP contribution in [-0.4, -0.2) is 43.9 Å². The topological polar surface area (TPSA) is 118 Å². The molecular weight excluding hydrogens is 254 g/mol. The van der Waals surface area contributed by atoms with Crippen LogP contribution >= 0.6 is 0 Å². The van der Waals surface area contributed by atoms with E-state index in [0.717, 1.165) is 0 Å². The van der Waals surface area contributed by atoms with Crippen molar-refractivity contribution in [2.24, 2.45) is 9.98 Å². The van der Waals surface area contributed by atoms with E-state index in [1.165, 1.54) is 18.4 Å². The van der Waals surface area contributed by atoms with Crippen LogP contribution in [0.3, 0.4) is 0 Å². The van der Waals surface area contributed by atoms with Crippen LogP contribution in [0.5, 0.6) is 0 Å².